The highest BCUT2D eigenvalue weighted by Gasteiger charge is 2.62. The number of carbonyl (C=O) groups is 2. The predicted octanol–water partition coefficient (Wildman–Crippen LogP) is 0.735. The first kappa shape index (κ1) is 12.2. The lowest BCUT2D eigenvalue weighted by Gasteiger charge is -2.25. The molecule has 1 heterocycles. The Labute approximate surface area is 110 Å². The van der Waals surface area contributed by atoms with E-state index in [0.717, 1.165) is 12.8 Å². The quantitative estimate of drug-likeness (QED) is 0.420. The molecule has 5 atom stereocenters. The zero-order chi connectivity index (χ0) is 12.7. The van der Waals surface area contributed by atoms with E-state index in [4.69, 9.17) is 25.8 Å². The zero-order valence-electron chi connectivity index (χ0n) is 9.84. The number of ether oxygens (including phenoxy) is 3. The van der Waals surface area contributed by atoms with Crippen LogP contribution < -0.4 is 0 Å². The second-order valence-corrected chi connectivity index (χ2v) is 5.36. The summed E-state index contributed by atoms with van der Waals surface area (Å²) in [6, 6.07) is 0. The second-order valence-electron chi connectivity index (χ2n) is 5.09. The summed E-state index contributed by atoms with van der Waals surface area (Å²) < 4.78 is 15.9. The first-order valence-electron chi connectivity index (χ1n) is 6.24. The molecule has 0 aromatic carbocycles. The Bertz CT molecular complexity index is 371. The molecule has 0 N–H and O–H groups in total. The monoisotopic (exact) mass is 274 g/mol. The van der Waals surface area contributed by atoms with Gasteiger partial charge in [-0.1, -0.05) is 0 Å². The Morgan fingerprint density at radius 1 is 1.39 bits per heavy atom. The van der Waals surface area contributed by atoms with E-state index in [-0.39, 0.29) is 36.6 Å². The number of halogens is 1. The van der Waals surface area contributed by atoms with Crippen LogP contribution >= 0.6 is 11.6 Å². The molecule has 0 radical (unpaired) electrons. The molecule has 5 unspecified atom stereocenters. The van der Waals surface area contributed by atoms with E-state index >= 15 is 0 Å². The van der Waals surface area contributed by atoms with Gasteiger partial charge in [-0.3, -0.25) is 9.59 Å². The number of hydrogen-bond donors (Lipinski definition) is 0. The number of esters is 2. The van der Waals surface area contributed by atoms with Crippen LogP contribution in [0.25, 0.3) is 0 Å². The smallest absolute Gasteiger partial charge is 0.320 e. The van der Waals surface area contributed by atoms with E-state index in [1.54, 1.807) is 0 Å². The van der Waals surface area contributed by atoms with Crippen molar-refractivity contribution >= 4 is 23.5 Å². The van der Waals surface area contributed by atoms with Crippen LogP contribution in [0.5, 0.6) is 0 Å². The van der Waals surface area contributed by atoms with Gasteiger partial charge in [-0.15, -0.1) is 11.6 Å². The highest BCUT2D eigenvalue weighted by Crippen LogP contribution is 2.55. The predicted molar refractivity (Wildman–Crippen MR) is 61.0 cm³/mol. The molecule has 0 amide bonds. The fraction of sp³-hybridized carbons (Fsp3) is 0.833. The third-order valence-electron chi connectivity index (χ3n) is 4.18. The van der Waals surface area contributed by atoms with Crippen molar-refractivity contribution in [1.82, 2.24) is 0 Å². The molecule has 6 heteroatoms. The largest absolute Gasteiger partial charge is 0.462 e. The molecule has 3 aliphatic rings. The molecule has 0 aromatic heterocycles. The number of rotatable bonds is 5. The van der Waals surface area contributed by atoms with E-state index in [0.29, 0.717) is 18.4 Å². The minimum atomic E-state index is -0.444. The Morgan fingerprint density at radius 2 is 2.22 bits per heavy atom. The summed E-state index contributed by atoms with van der Waals surface area (Å²) in [5.74, 6) is 0.218. The first-order chi connectivity index (χ1) is 8.70. The van der Waals surface area contributed by atoms with Crippen LogP contribution in [0.15, 0.2) is 0 Å². The van der Waals surface area contributed by atoms with Crippen molar-refractivity contribution in [3.8, 4) is 0 Å². The average molecular weight is 275 g/mol. The second kappa shape index (κ2) is 4.70. The van der Waals surface area contributed by atoms with Gasteiger partial charge >= 0.3 is 11.9 Å². The molecule has 2 saturated carbocycles. The van der Waals surface area contributed by atoms with Gasteiger partial charge in [0, 0.05) is 5.92 Å². The van der Waals surface area contributed by atoms with Gasteiger partial charge in [0.25, 0.3) is 0 Å². The van der Waals surface area contributed by atoms with Gasteiger partial charge in [0.2, 0.25) is 0 Å². The molecule has 5 nitrogen and oxygen atoms in total. The third-order valence-corrected chi connectivity index (χ3v) is 4.40. The third kappa shape index (κ3) is 1.89. The maximum atomic E-state index is 11.5. The topological polar surface area (TPSA) is 61.8 Å². The van der Waals surface area contributed by atoms with Gasteiger partial charge in [-0.2, -0.15) is 0 Å². The fourth-order valence-electron chi connectivity index (χ4n) is 3.51. The SMILES string of the molecule is O=C(CCl)OCCOC1C2CC3C(=O)OC1C3C2. The van der Waals surface area contributed by atoms with Gasteiger partial charge in [0.05, 0.1) is 18.6 Å². The summed E-state index contributed by atoms with van der Waals surface area (Å²) in [6.45, 7) is 0.527. The Balaban J connectivity index is 1.47. The molecular weight excluding hydrogens is 260 g/mol. The molecule has 3 fully saturated rings. The Hall–Kier alpha value is -0.810. The molecule has 100 valence electrons. The molecule has 1 aliphatic heterocycles. The molecule has 2 aliphatic carbocycles. The molecular formula is C12H15ClO5. The Morgan fingerprint density at radius 3 is 3.00 bits per heavy atom. The molecule has 0 aromatic rings. The highest BCUT2D eigenvalue weighted by molar-refractivity contribution is 6.26. The van der Waals surface area contributed by atoms with Crippen molar-refractivity contribution in [2.45, 2.75) is 25.0 Å². The molecule has 1 saturated heterocycles. The van der Waals surface area contributed by atoms with Crippen molar-refractivity contribution < 1.29 is 23.8 Å². The fourth-order valence-corrected chi connectivity index (χ4v) is 3.59. The van der Waals surface area contributed by atoms with Crippen LogP contribution in [-0.4, -0.2) is 43.2 Å². The van der Waals surface area contributed by atoms with Crippen LogP contribution in [0.3, 0.4) is 0 Å². The standard InChI is InChI=1S/C12H15ClO5/c13-5-9(14)16-1-2-17-10-6-3-7-8(4-6)12(15)18-11(7)10/h6-8,10-11H,1-5H2. The minimum absolute atomic E-state index is 0.0209. The van der Waals surface area contributed by atoms with Gasteiger partial charge in [-0.25, -0.2) is 0 Å². The molecule has 2 bridgehead atoms. The number of fused-ring (bicyclic) bond motifs is 1. The summed E-state index contributed by atoms with van der Waals surface area (Å²) in [5, 5.41) is 0. The lowest BCUT2D eigenvalue weighted by Crippen LogP contribution is -2.35. The average Bonchev–Trinajstić information content (AvgIpc) is 2.97. The summed E-state index contributed by atoms with van der Waals surface area (Å²) >= 11 is 5.30. The normalized spacial score (nSPS) is 40.1. The van der Waals surface area contributed by atoms with Gasteiger partial charge in [0.15, 0.2) is 0 Å². The van der Waals surface area contributed by atoms with Crippen molar-refractivity contribution in [2.75, 3.05) is 19.1 Å². The van der Waals surface area contributed by atoms with E-state index in [2.05, 4.69) is 0 Å². The molecule has 18 heavy (non-hydrogen) atoms. The van der Waals surface area contributed by atoms with Crippen LogP contribution in [0.1, 0.15) is 12.8 Å². The van der Waals surface area contributed by atoms with E-state index in [9.17, 15) is 9.59 Å². The van der Waals surface area contributed by atoms with Gasteiger partial charge in [-0.05, 0) is 18.8 Å². The van der Waals surface area contributed by atoms with Crippen molar-refractivity contribution in [3.05, 3.63) is 0 Å². The molecule has 0 spiro atoms. The molecule has 3 rings (SSSR count). The summed E-state index contributed by atoms with van der Waals surface area (Å²) in [5.41, 5.74) is 0. The van der Waals surface area contributed by atoms with Crippen LogP contribution in [0, 0.1) is 17.8 Å². The van der Waals surface area contributed by atoms with E-state index < -0.39 is 5.97 Å². The van der Waals surface area contributed by atoms with Gasteiger partial charge in [0.1, 0.15) is 18.6 Å². The van der Waals surface area contributed by atoms with Crippen molar-refractivity contribution in [2.24, 2.45) is 17.8 Å². The highest BCUT2D eigenvalue weighted by atomic mass is 35.5. The number of alkyl halides is 1. The van der Waals surface area contributed by atoms with Crippen LogP contribution in [0.2, 0.25) is 0 Å². The van der Waals surface area contributed by atoms with Gasteiger partial charge < -0.3 is 14.2 Å². The van der Waals surface area contributed by atoms with Crippen LogP contribution in [-0.2, 0) is 23.8 Å². The maximum absolute atomic E-state index is 11.5. The van der Waals surface area contributed by atoms with E-state index in [1.165, 1.54) is 0 Å². The van der Waals surface area contributed by atoms with Crippen LogP contribution in [0.4, 0.5) is 0 Å². The maximum Gasteiger partial charge on any atom is 0.320 e. The van der Waals surface area contributed by atoms with Crippen molar-refractivity contribution in [1.29, 1.82) is 0 Å². The number of carbonyl (C=O) groups excluding carboxylic acids is 2. The first-order valence-corrected chi connectivity index (χ1v) is 6.78. The summed E-state index contributed by atoms with van der Waals surface area (Å²) in [6.07, 6.45) is 1.80. The van der Waals surface area contributed by atoms with Crippen molar-refractivity contribution in [3.63, 3.8) is 0 Å². The summed E-state index contributed by atoms with van der Waals surface area (Å²) in [4.78, 5) is 22.4. The zero-order valence-corrected chi connectivity index (χ0v) is 10.6. The van der Waals surface area contributed by atoms with E-state index in [1.807, 2.05) is 0 Å². The number of hydrogen-bond acceptors (Lipinski definition) is 5. The lowest BCUT2D eigenvalue weighted by atomic mass is 9.88. The summed E-state index contributed by atoms with van der Waals surface area (Å²) in [7, 11) is 0. The Kier molecular flexibility index (Phi) is 3.20. The minimum Gasteiger partial charge on any atom is -0.462 e. The lowest BCUT2D eigenvalue weighted by molar-refractivity contribution is -0.149.